The molecule has 2 aliphatic rings. The number of cyclic esters (lactones) is 2. The summed E-state index contributed by atoms with van der Waals surface area (Å²) in [5.74, 6) is 0.622. The Hall–Kier alpha value is -3.68. The van der Waals surface area contributed by atoms with Crippen LogP contribution in [0.4, 0.5) is 0 Å². The van der Waals surface area contributed by atoms with Crippen molar-refractivity contribution in [2.45, 2.75) is 0 Å². The summed E-state index contributed by atoms with van der Waals surface area (Å²) in [6.07, 6.45) is 0. The van der Waals surface area contributed by atoms with E-state index in [-0.39, 0.29) is 17.9 Å². The predicted octanol–water partition coefficient (Wildman–Crippen LogP) is 2.44. The second-order valence-corrected chi connectivity index (χ2v) is 5.91. The topological polar surface area (TPSA) is 89.5 Å². The fraction of sp³-hybridized carbons (Fsp3) is 0.200. The molecular formula is C20H16O8. The van der Waals surface area contributed by atoms with Crippen molar-refractivity contribution in [2.24, 2.45) is 0 Å². The van der Waals surface area contributed by atoms with Crippen molar-refractivity contribution < 1.29 is 38.0 Å². The Bertz CT molecular complexity index is 996. The molecule has 8 nitrogen and oxygen atoms in total. The molecule has 0 unspecified atom stereocenters. The molecule has 4 rings (SSSR count). The lowest BCUT2D eigenvalue weighted by atomic mass is 9.95. The number of hydrogen-bond acceptors (Lipinski definition) is 8. The lowest BCUT2D eigenvalue weighted by molar-refractivity contribution is -0.149. The molecule has 0 bridgehead atoms. The second kappa shape index (κ2) is 6.80. The van der Waals surface area contributed by atoms with Gasteiger partial charge in [0.05, 0.1) is 32.5 Å². The predicted molar refractivity (Wildman–Crippen MR) is 96.6 cm³/mol. The molecular weight excluding hydrogens is 368 g/mol. The fourth-order valence-corrected chi connectivity index (χ4v) is 3.19. The summed E-state index contributed by atoms with van der Waals surface area (Å²) in [4.78, 5) is 24.9. The minimum absolute atomic E-state index is 0.0982. The molecule has 2 aliphatic heterocycles. The summed E-state index contributed by atoms with van der Waals surface area (Å²) in [5.41, 5.74) is 1.10. The number of methoxy groups -OCH3 is 3. The van der Waals surface area contributed by atoms with E-state index in [1.807, 2.05) is 0 Å². The third-order valence-electron chi connectivity index (χ3n) is 4.46. The van der Waals surface area contributed by atoms with E-state index in [2.05, 4.69) is 0 Å². The summed E-state index contributed by atoms with van der Waals surface area (Å²) in [6, 6.07) is 8.15. The van der Waals surface area contributed by atoms with Crippen molar-refractivity contribution >= 4 is 23.1 Å². The number of benzene rings is 2. The SMILES string of the molecule is COc1cc(C2=C(c3ccc4c(c3)OCO4)C(=O)OC2=O)cc(OC)c1OC. The van der Waals surface area contributed by atoms with Crippen molar-refractivity contribution in [1.29, 1.82) is 0 Å². The number of fused-ring (bicyclic) bond motifs is 1. The summed E-state index contributed by atoms with van der Waals surface area (Å²) < 4.78 is 31.5. The van der Waals surface area contributed by atoms with Gasteiger partial charge in [0.1, 0.15) is 0 Å². The van der Waals surface area contributed by atoms with Crippen LogP contribution in [0.3, 0.4) is 0 Å². The minimum Gasteiger partial charge on any atom is -0.493 e. The van der Waals surface area contributed by atoms with E-state index in [0.29, 0.717) is 39.9 Å². The van der Waals surface area contributed by atoms with Crippen LogP contribution >= 0.6 is 0 Å². The van der Waals surface area contributed by atoms with Gasteiger partial charge >= 0.3 is 11.9 Å². The third-order valence-corrected chi connectivity index (χ3v) is 4.46. The molecule has 2 aromatic carbocycles. The van der Waals surface area contributed by atoms with E-state index >= 15 is 0 Å². The molecule has 2 heterocycles. The van der Waals surface area contributed by atoms with Gasteiger partial charge in [-0.1, -0.05) is 6.07 Å². The zero-order valence-corrected chi connectivity index (χ0v) is 15.4. The quantitative estimate of drug-likeness (QED) is 0.574. The van der Waals surface area contributed by atoms with Crippen LogP contribution in [0, 0.1) is 0 Å². The zero-order valence-electron chi connectivity index (χ0n) is 15.4. The van der Waals surface area contributed by atoms with Crippen LogP contribution in [-0.2, 0) is 14.3 Å². The Balaban J connectivity index is 1.93. The smallest absolute Gasteiger partial charge is 0.347 e. The van der Waals surface area contributed by atoms with E-state index in [1.54, 1.807) is 30.3 Å². The highest BCUT2D eigenvalue weighted by Crippen LogP contribution is 2.44. The summed E-state index contributed by atoms with van der Waals surface area (Å²) in [7, 11) is 4.41. The van der Waals surface area contributed by atoms with E-state index in [1.165, 1.54) is 21.3 Å². The summed E-state index contributed by atoms with van der Waals surface area (Å²) in [5, 5.41) is 0. The Morgan fingerprint density at radius 3 is 1.96 bits per heavy atom. The van der Waals surface area contributed by atoms with Gasteiger partial charge in [0.25, 0.3) is 0 Å². The Kier molecular flexibility index (Phi) is 4.31. The highest BCUT2D eigenvalue weighted by Gasteiger charge is 2.36. The van der Waals surface area contributed by atoms with Crippen molar-refractivity contribution in [2.75, 3.05) is 28.1 Å². The van der Waals surface area contributed by atoms with Gasteiger partial charge in [0, 0.05) is 0 Å². The van der Waals surface area contributed by atoms with Crippen LogP contribution in [0.25, 0.3) is 11.1 Å². The number of carbonyl (C=O) groups is 2. The minimum atomic E-state index is -0.757. The van der Waals surface area contributed by atoms with Gasteiger partial charge < -0.3 is 28.4 Å². The molecule has 0 atom stereocenters. The van der Waals surface area contributed by atoms with Crippen LogP contribution in [0.2, 0.25) is 0 Å². The van der Waals surface area contributed by atoms with Crippen molar-refractivity contribution in [3.63, 3.8) is 0 Å². The molecule has 0 spiro atoms. The Morgan fingerprint density at radius 1 is 0.750 bits per heavy atom. The number of esters is 2. The van der Waals surface area contributed by atoms with Crippen LogP contribution in [0.5, 0.6) is 28.7 Å². The number of ether oxygens (including phenoxy) is 6. The fourth-order valence-electron chi connectivity index (χ4n) is 3.19. The van der Waals surface area contributed by atoms with Crippen LogP contribution in [0.15, 0.2) is 30.3 Å². The highest BCUT2D eigenvalue weighted by molar-refractivity contribution is 6.45. The molecule has 0 aromatic heterocycles. The first kappa shape index (κ1) is 17.7. The second-order valence-electron chi connectivity index (χ2n) is 5.91. The molecule has 0 saturated heterocycles. The maximum absolute atomic E-state index is 12.5. The molecule has 0 N–H and O–H groups in total. The molecule has 2 aromatic rings. The Labute approximate surface area is 160 Å². The average Bonchev–Trinajstić information content (AvgIpc) is 3.29. The van der Waals surface area contributed by atoms with Gasteiger partial charge in [-0.3, -0.25) is 0 Å². The first-order valence-electron chi connectivity index (χ1n) is 8.28. The normalized spacial score (nSPS) is 15.0. The van der Waals surface area contributed by atoms with Crippen LogP contribution < -0.4 is 23.7 Å². The standard InChI is InChI=1S/C20H16O8/c1-23-14-7-11(8-15(24-2)18(14)25-3)17-16(19(21)28-20(17)22)10-4-5-12-13(6-10)27-9-26-12/h4-8H,9H2,1-3H3. The maximum Gasteiger partial charge on any atom is 0.347 e. The third kappa shape index (κ3) is 2.70. The molecule has 8 heteroatoms. The lowest BCUT2D eigenvalue weighted by Crippen LogP contribution is -2.02. The highest BCUT2D eigenvalue weighted by atomic mass is 16.7. The molecule has 28 heavy (non-hydrogen) atoms. The lowest BCUT2D eigenvalue weighted by Gasteiger charge is -2.14. The monoisotopic (exact) mass is 384 g/mol. The molecule has 0 amide bonds. The van der Waals surface area contributed by atoms with Crippen molar-refractivity contribution in [3.05, 3.63) is 41.5 Å². The summed E-state index contributed by atoms with van der Waals surface area (Å²) >= 11 is 0. The van der Waals surface area contributed by atoms with Gasteiger partial charge in [0.15, 0.2) is 23.0 Å². The first-order chi connectivity index (χ1) is 13.6. The molecule has 0 saturated carbocycles. The van der Waals surface area contributed by atoms with Gasteiger partial charge in [-0.05, 0) is 35.4 Å². The number of carbonyl (C=O) groups excluding carboxylic acids is 2. The Morgan fingerprint density at radius 2 is 1.36 bits per heavy atom. The van der Waals surface area contributed by atoms with E-state index in [0.717, 1.165) is 0 Å². The van der Waals surface area contributed by atoms with Crippen molar-refractivity contribution in [3.8, 4) is 28.7 Å². The molecule has 0 radical (unpaired) electrons. The molecule has 0 aliphatic carbocycles. The molecule has 144 valence electrons. The zero-order chi connectivity index (χ0) is 19.8. The van der Waals surface area contributed by atoms with E-state index < -0.39 is 11.9 Å². The summed E-state index contributed by atoms with van der Waals surface area (Å²) in [6.45, 7) is 0.0982. The first-order valence-corrected chi connectivity index (χ1v) is 8.28. The number of hydrogen-bond donors (Lipinski definition) is 0. The largest absolute Gasteiger partial charge is 0.493 e. The van der Waals surface area contributed by atoms with Crippen LogP contribution in [-0.4, -0.2) is 40.1 Å². The van der Waals surface area contributed by atoms with Crippen molar-refractivity contribution in [1.82, 2.24) is 0 Å². The van der Waals surface area contributed by atoms with Gasteiger partial charge in [-0.25, -0.2) is 9.59 Å². The van der Waals surface area contributed by atoms with Crippen LogP contribution in [0.1, 0.15) is 11.1 Å². The maximum atomic E-state index is 12.5. The van der Waals surface area contributed by atoms with Gasteiger partial charge in [-0.2, -0.15) is 0 Å². The molecule has 0 fully saturated rings. The van der Waals surface area contributed by atoms with Gasteiger partial charge in [0.2, 0.25) is 12.5 Å². The van der Waals surface area contributed by atoms with Gasteiger partial charge in [-0.15, -0.1) is 0 Å². The average molecular weight is 384 g/mol. The number of rotatable bonds is 5. The van der Waals surface area contributed by atoms with E-state index in [9.17, 15) is 9.59 Å². The van der Waals surface area contributed by atoms with E-state index in [4.69, 9.17) is 28.4 Å².